The first kappa shape index (κ1) is 11.5. The molecule has 0 aromatic carbocycles. The van der Waals surface area contributed by atoms with E-state index in [9.17, 15) is 4.79 Å². The quantitative estimate of drug-likeness (QED) is 0.654. The molecule has 0 aliphatic heterocycles. The van der Waals surface area contributed by atoms with E-state index in [0.717, 1.165) is 0 Å². The van der Waals surface area contributed by atoms with Gasteiger partial charge in [-0.3, -0.25) is 4.79 Å². The van der Waals surface area contributed by atoms with Crippen LogP contribution in [0.25, 0.3) is 0 Å². The molecule has 0 aromatic heterocycles. The molecule has 0 amide bonds. The summed E-state index contributed by atoms with van der Waals surface area (Å²) < 4.78 is 10.7. The van der Waals surface area contributed by atoms with Crippen LogP contribution in [0, 0.1) is 11.8 Å². The van der Waals surface area contributed by atoms with E-state index in [1.165, 1.54) is 0 Å². The summed E-state index contributed by atoms with van der Waals surface area (Å²) in [5, 5.41) is 0. The highest BCUT2D eigenvalue weighted by molar-refractivity contribution is 5.77. The number of ether oxygens (including phenoxy) is 2. The highest BCUT2D eigenvalue weighted by atomic mass is 16.6. The monoisotopic (exact) mass is 200 g/mol. The van der Waals surface area contributed by atoms with Crippen LogP contribution < -0.4 is 0 Å². The summed E-state index contributed by atoms with van der Waals surface area (Å²) in [7, 11) is 0. The van der Waals surface area contributed by atoms with Gasteiger partial charge < -0.3 is 9.47 Å². The Morgan fingerprint density at radius 1 is 1.36 bits per heavy atom. The van der Waals surface area contributed by atoms with E-state index in [4.69, 9.17) is 9.47 Å². The van der Waals surface area contributed by atoms with Crippen molar-refractivity contribution < 1.29 is 14.3 Å². The molecule has 14 heavy (non-hydrogen) atoms. The smallest absolute Gasteiger partial charge is 0.312 e. The lowest BCUT2D eigenvalue weighted by molar-refractivity contribution is -0.157. The first-order valence-electron chi connectivity index (χ1n) is 5.21. The van der Waals surface area contributed by atoms with Gasteiger partial charge in [0.2, 0.25) is 0 Å². The Morgan fingerprint density at radius 2 is 1.93 bits per heavy atom. The Balaban J connectivity index is 2.41. The van der Waals surface area contributed by atoms with Crippen LogP contribution in [0.4, 0.5) is 0 Å². The summed E-state index contributed by atoms with van der Waals surface area (Å²) in [6.07, 6.45) is 0.0786. The third-order valence-electron chi connectivity index (χ3n) is 2.34. The summed E-state index contributed by atoms with van der Waals surface area (Å²) in [6, 6.07) is 0. The molecule has 0 N–H and O–H groups in total. The van der Waals surface area contributed by atoms with E-state index in [-0.39, 0.29) is 18.0 Å². The first-order valence-corrected chi connectivity index (χ1v) is 5.21. The molecule has 0 heterocycles. The van der Waals surface area contributed by atoms with Crippen molar-refractivity contribution in [3.63, 3.8) is 0 Å². The largest absolute Gasteiger partial charge is 0.460 e. The van der Waals surface area contributed by atoms with Crippen molar-refractivity contribution in [2.45, 2.75) is 46.3 Å². The SMILES string of the molecule is CCO[C@@H]1[C@H](C)[C@@H]1C(=O)OC(C)(C)C. The predicted octanol–water partition coefficient (Wildman–Crippen LogP) is 2.00. The summed E-state index contributed by atoms with van der Waals surface area (Å²) in [6.45, 7) is 10.3. The molecule has 3 atom stereocenters. The summed E-state index contributed by atoms with van der Waals surface area (Å²) in [4.78, 5) is 11.6. The van der Waals surface area contributed by atoms with Crippen LogP contribution >= 0.6 is 0 Å². The van der Waals surface area contributed by atoms with Crippen LogP contribution in [0.2, 0.25) is 0 Å². The second-order valence-corrected chi connectivity index (χ2v) is 4.84. The van der Waals surface area contributed by atoms with E-state index >= 15 is 0 Å². The van der Waals surface area contributed by atoms with Crippen LogP contribution in [0.15, 0.2) is 0 Å². The van der Waals surface area contributed by atoms with E-state index < -0.39 is 5.60 Å². The summed E-state index contributed by atoms with van der Waals surface area (Å²) >= 11 is 0. The Kier molecular flexibility index (Phi) is 3.20. The average Bonchev–Trinajstić information content (AvgIpc) is 2.58. The van der Waals surface area contributed by atoms with Crippen molar-refractivity contribution >= 4 is 5.97 Å². The van der Waals surface area contributed by atoms with Gasteiger partial charge in [-0.2, -0.15) is 0 Å². The molecule has 1 saturated carbocycles. The summed E-state index contributed by atoms with van der Waals surface area (Å²) in [5.74, 6) is 0.141. The van der Waals surface area contributed by atoms with Crippen LogP contribution in [0.3, 0.4) is 0 Å². The molecule has 1 aliphatic carbocycles. The minimum Gasteiger partial charge on any atom is -0.460 e. The van der Waals surface area contributed by atoms with Gasteiger partial charge >= 0.3 is 5.97 Å². The van der Waals surface area contributed by atoms with Crippen molar-refractivity contribution in [3.05, 3.63) is 0 Å². The maximum Gasteiger partial charge on any atom is 0.312 e. The molecular formula is C11H20O3. The fraction of sp³-hybridized carbons (Fsp3) is 0.909. The van der Waals surface area contributed by atoms with Crippen molar-refractivity contribution in [1.82, 2.24) is 0 Å². The molecule has 1 rings (SSSR count). The Morgan fingerprint density at radius 3 is 2.36 bits per heavy atom. The number of esters is 1. The van der Waals surface area contributed by atoms with Crippen molar-refractivity contribution in [1.29, 1.82) is 0 Å². The number of carbonyl (C=O) groups excluding carboxylic acids is 1. The number of hydrogen-bond acceptors (Lipinski definition) is 3. The molecule has 1 fully saturated rings. The normalized spacial score (nSPS) is 31.4. The van der Waals surface area contributed by atoms with Gasteiger partial charge in [-0.05, 0) is 33.6 Å². The van der Waals surface area contributed by atoms with Gasteiger partial charge in [0.1, 0.15) is 5.60 Å². The van der Waals surface area contributed by atoms with Crippen molar-refractivity contribution in [2.24, 2.45) is 11.8 Å². The van der Waals surface area contributed by atoms with Gasteiger partial charge in [0.15, 0.2) is 0 Å². The van der Waals surface area contributed by atoms with Gasteiger partial charge in [0, 0.05) is 6.61 Å². The molecule has 0 aromatic rings. The van der Waals surface area contributed by atoms with E-state index in [2.05, 4.69) is 0 Å². The second kappa shape index (κ2) is 3.89. The van der Waals surface area contributed by atoms with Gasteiger partial charge in [-0.1, -0.05) is 6.92 Å². The van der Waals surface area contributed by atoms with Crippen LogP contribution in [0.1, 0.15) is 34.6 Å². The third kappa shape index (κ3) is 2.71. The Hall–Kier alpha value is -0.570. The molecule has 0 radical (unpaired) electrons. The average molecular weight is 200 g/mol. The molecule has 0 saturated heterocycles. The molecule has 0 unspecified atom stereocenters. The van der Waals surface area contributed by atoms with Crippen LogP contribution in [-0.4, -0.2) is 24.3 Å². The lowest BCUT2D eigenvalue weighted by atomic mass is 10.2. The summed E-state index contributed by atoms with van der Waals surface area (Å²) in [5.41, 5.74) is -0.393. The van der Waals surface area contributed by atoms with Gasteiger partial charge in [-0.25, -0.2) is 0 Å². The van der Waals surface area contributed by atoms with E-state index in [0.29, 0.717) is 12.5 Å². The third-order valence-corrected chi connectivity index (χ3v) is 2.34. The van der Waals surface area contributed by atoms with Crippen molar-refractivity contribution in [2.75, 3.05) is 6.61 Å². The maximum atomic E-state index is 11.6. The van der Waals surface area contributed by atoms with Gasteiger partial charge in [0.25, 0.3) is 0 Å². The first-order chi connectivity index (χ1) is 6.37. The molecule has 3 heteroatoms. The lowest BCUT2D eigenvalue weighted by Gasteiger charge is -2.19. The van der Waals surface area contributed by atoms with Gasteiger partial charge in [-0.15, -0.1) is 0 Å². The fourth-order valence-corrected chi connectivity index (χ4v) is 1.59. The molecular weight excluding hydrogens is 180 g/mol. The minimum atomic E-state index is -0.393. The molecule has 0 bridgehead atoms. The topological polar surface area (TPSA) is 35.5 Å². The molecule has 1 aliphatic rings. The Bertz CT molecular complexity index is 217. The van der Waals surface area contributed by atoms with Crippen LogP contribution in [0.5, 0.6) is 0 Å². The van der Waals surface area contributed by atoms with Gasteiger partial charge in [0.05, 0.1) is 12.0 Å². The predicted molar refractivity (Wildman–Crippen MR) is 53.9 cm³/mol. The van der Waals surface area contributed by atoms with Crippen LogP contribution in [-0.2, 0) is 14.3 Å². The number of carbonyl (C=O) groups is 1. The lowest BCUT2D eigenvalue weighted by Crippen LogP contribution is -2.26. The number of hydrogen-bond donors (Lipinski definition) is 0. The highest BCUT2D eigenvalue weighted by Gasteiger charge is 2.54. The standard InChI is InChI=1S/C11H20O3/c1-6-13-9-7(2)8(9)10(12)14-11(3,4)5/h7-9H,6H2,1-5H3/t7-,8+,9-/m1/s1. The van der Waals surface area contributed by atoms with E-state index in [1.807, 2.05) is 34.6 Å². The van der Waals surface area contributed by atoms with Crippen molar-refractivity contribution in [3.8, 4) is 0 Å². The molecule has 82 valence electrons. The second-order valence-electron chi connectivity index (χ2n) is 4.84. The zero-order chi connectivity index (χ0) is 10.9. The van der Waals surface area contributed by atoms with E-state index in [1.54, 1.807) is 0 Å². The highest BCUT2D eigenvalue weighted by Crippen LogP contribution is 2.42. The number of rotatable bonds is 3. The Labute approximate surface area is 85.8 Å². The maximum absolute atomic E-state index is 11.6. The molecule has 0 spiro atoms. The zero-order valence-electron chi connectivity index (χ0n) is 9.66. The fourth-order valence-electron chi connectivity index (χ4n) is 1.59. The zero-order valence-corrected chi connectivity index (χ0v) is 9.66. The minimum absolute atomic E-state index is 0.0471. The molecule has 3 nitrogen and oxygen atoms in total.